The number of hydrogen-bond donors (Lipinski definition) is 0. The van der Waals surface area contributed by atoms with Gasteiger partial charge < -0.3 is 23.7 Å². The number of carbonyl (C=O) groups is 2. The van der Waals surface area contributed by atoms with Gasteiger partial charge in [0.25, 0.3) is 0 Å². The second-order valence-electron chi connectivity index (χ2n) is 7.05. The molecule has 0 unspecified atom stereocenters. The van der Waals surface area contributed by atoms with Crippen LogP contribution in [-0.4, -0.2) is 33.0 Å². The average Bonchev–Trinajstić information content (AvgIpc) is 3.24. The zero-order valence-corrected chi connectivity index (χ0v) is 16.7. The van der Waals surface area contributed by atoms with Gasteiger partial charge in [-0.3, -0.25) is 0 Å². The van der Waals surface area contributed by atoms with E-state index in [1.165, 1.54) is 0 Å². The van der Waals surface area contributed by atoms with E-state index in [2.05, 4.69) is 4.74 Å². The molecule has 3 atom stereocenters. The van der Waals surface area contributed by atoms with E-state index in [0.717, 1.165) is 24.7 Å². The van der Waals surface area contributed by atoms with Gasteiger partial charge in [0.1, 0.15) is 5.75 Å². The standard InChI is InChI=1S/C23H22O7/c1-26-17-10-8-16(9-11-17)23-19(12-13-28-23)18(15-6-4-3-5-7-15)14-20(30-23)21(24)29-22(25)27-2/h3-11,14,18-19H,12-13H2,1-2H3/t18-,19+,23-/m1/s1. The van der Waals surface area contributed by atoms with E-state index < -0.39 is 17.9 Å². The third-order valence-electron chi connectivity index (χ3n) is 5.48. The number of ether oxygens (including phenoxy) is 5. The van der Waals surface area contributed by atoms with Gasteiger partial charge in [-0.05, 0) is 42.3 Å². The van der Waals surface area contributed by atoms with E-state index in [4.69, 9.17) is 18.9 Å². The molecule has 156 valence electrons. The molecule has 1 fully saturated rings. The number of fused-ring (bicyclic) bond motifs is 1. The molecule has 0 radical (unpaired) electrons. The fraction of sp³-hybridized carbons (Fsp3) is 0.304. The van der Waals surface area contributed by atoms with Crippen molar-refractivity contribution in [2.45, 2.75) is 18.1 Å². The summed E-state index contributed by atoms with van der Waals surface area (Å²) in [5, 5.41) is 0. The lowest BCUT2D eigenvalue weighted by Crippen LogP contribution is -2.42. The van der Waals surface area contributed by atoms with Crippen LogP contribution in [0.4, 0.5) is 4.79 Å². The molecule has 0 aromatic heterocycles. The van der Waals surface area contributed by atoms with Crippen molar-refractivity contribution in [1.29, 1.82) is 0 Å². The van der Waals surface area contributed by atoms with E-state index in [1.807, 2.05) is 54.6 Å². The Bertz CT molecular complexity index is 951. The molecule has 30 heavy (non-hydrogen) atoms. The number of hydrogen-bond acceptors (Lipinski definition) is 7. The Morgan fingerprint density at radius 3 is 2.43 bits per heavy atom. The van der Waals surface area contributed by atoms with Crippen LogP contribution in [0.5, 0.6) is 5.75 Å². The second-order valence-corrected chi connectivity index (χ2v) is 7.05. The highest BCUT2D eigenvalue weighted by Crippen LogP contribution is 2.53. The number of esters is 1. The van der Waals surface area contributed by atoms with Crippen LogP contribution >= 0.6 is 0 Å². The molecule has 7 heteroatoms. The minimum absolute atomic E-state index is 0.0806. The first-order valence-electron chi connectivity index (χ1n) is 9.62. The first-order valence-corrected chi connectivity index (χ1v) is 9.62. The Labute approximate surface area is 174 Å². The van der Waals surface area contributed by atoms with Crippen molar-refractivity contribution in [3.8, 4) is 5.75 Å². The molecule has 2 aromatic carbocycles. The van der Waals surface area contributed by atoms with Gasteiger partial charge in [-0.1, -0.05) is 30.3 Å². The monoisotopic (exact) mass is 410 g/mol. The minimum Gasteiger partial charge on any atom is -0.497 e. The lowest BCUT2D eigenvalue weighted by atomic mass is 9.75. The summed E-state index contributed by atoms with van der Waals surface area (Å²) >= 11 is 0. The maximum absolute atomic E-state index is 12.6. The van der Waals surface area contributed by atoms with Crippen LogP contribution in [0.15, 0.2) is 66.4 Å². The highest BCUT2D eigenvalue weighted by atomic mass is 16.8. The third-order valence-corrected chi connectivity index (χ3v) is 5.48. The fourth-order valence-electron chi connectivity index (χ4n) is 4.09. The Balaban J connectivity index is 1.78. The number of allylic oxidation sites excluding steroid dienone is 1. The largest absolute Gasteiger partial charge is 0.516 e. The molecule has 0 amide bonds. The molecule has 0 N–H and O–H groups in total. The predicted molar refractivity (Wildman–Crippen MR) is 106 cm³/mol. The molecule has 2 aliphatic heterocycles. The molecule has 1 saturated heterocycles. The zero-order valence-electron chi connectivity index (χ0n) is 16.7. The first-order chi connectivity index (χ1) is 14.6. The second kappa shape index (κ2) is 8.20. The minimum atomic E-state index is -1.19. The molecular formula is C23H22O7. The molecule has 0 saturated carbocycles. The summed E-state index contributed by atoms with van der Waals surface area (Å²) < 4.78 is 26.7. The van der Waals surface area contributed by atoms with Gasteiger partial charge in [-0.25, -0.2) is 9.59 Å². The van der Waals surface area contributed by atoms with Gasteiger partial charge in [0.05, 0.1) is 20.8 Å². The summed E-state index contributed by atoms with van der Waals surface area (Å²) in [7, 11) is 2.72. The average molecular weight is 410 g/mol. The highest BCUT2D eigenvalue weighted by Gasteiger charge is 2.55. The molecule has 0 spiro atoms. The van der Waals surface area contributed by atoms with E-state index in [9.17, 15) is 9.59 Å². The Kier molecular flexibility index (Phi) is 5.46. The lowest BCUT2D eigenvalue weighted by Gasteiger charge is -2.41. The van der Waals surface area contributed by atoms with Crippen molar-refractivity contribution >= 4 is 12.1 Å². The summed E-state index contributed by atoms with van der Waals surface area (Å²) in [5.41, 5.74) is 1.76. The molecular weight excluding hydrogens is 388 g/mol. The summed E-state index contributed by atoms with van der Waals surface area (Å²) in [6, 6.07) is 17.1. The topological polar surface area (TPSA) is 80.3 Å². The van der Waals surface area contributed by atoms with Gasteiger partial charge >= 0.3 is 12.1 Å². The van der Waals surface area contributed by atoms with Crippen molar-refractivity contribution in [2.24, 2.45) is 5.92 Å². The zero-order chi connectivity index (χ0) is 21.1. The number of carbonyl (C=O) groups excluding carboxylic acids is 2. The third kappa shape index (κ3) is 3.52. The number of methoxy groups -OCH3 is 2. The van der Waals surface area contributed by atoms with Crippen molar-refractivity contribution in [1.82, 2.24) is 0 Å². The maximum Gasteiger partial charge on any atom is 0.516 e. The Morgan fingerprint density at radius 1 is 1.03 bits per heavy atom. The van der Waals surface area contributed by atoms with Crippen LogP contribution in [-0.2, 0) is 29.5 Å². The molecule has 0 bridgehead atoms. The van der Waals surface area contributed by atoms with Crippen molar-refractivity contribution in [2.75, 3.05) is 20.8 Å². The molecule has 2 aromatic rings. The normalized spacial score (nSPS) is 24.8. The summed E-state index contributed by atoms with van der Waals surface area (Å²) in [6.45, 7) is 0.465. The van der Waals surface area contributed by atoms with Crippen LogP contribution in [0.2, 0.25) is 0 Å². The van der Waals surface area contributed by atoms with Crippen molar-refractivity contribution in [3.05, 3.63) is 77.6 Å². The smallest absolute Gasteiger partial charge is 0.497 e. The molecule has 7 nitrogen and oxygen atoms in total. The van der Waals surface area contributed by atoms with Crippen molar-refractivity contribution < 1.29 is 33.3 Å². The highest BCUT2D eigenvalue weighted by molar-refractivity contribution is 5.93. The van der Waals surface area contributed by atoms with Crippen LogP contribution in [0.1, 0.15) is 23.5 Å². The predicted octanol–water partition coefficient (Wildman–Crippen LogP) is 3.89. The van der Waals surface area contributed by atoms with Gasteiger partial charge in [0.15, 0.2) is 0 Å². The van der Waals surface area contributed by atoms with E-state index >= 15 is 0 Å². The maximum atomic E-state index is 12.6. The molecule has 4 rings (SSSR count). The van der Waals surface area contributed by atoms with E-state index in [1.54, 1.807) is 13.2 Å². The summed E-state index contributed by atoms with van der Waals surface area (Å²) in [6.07, 6.45) is 1.33. The van der Waals surface area contributed by atoms with E-state index in [-0.39, 0.29) is 17.6 Å². The lowest BCUT2D eigenvalue weighted by molar-refractivity contribution is -0.230. The first kappa shape index (κ1) is 20.0. The molecule has 2 aliphatic rings. The SMILES string of the molecule is COC(=O)OC(=O)C1=C[C@H](c2ccccc2)[C@@H]2CCO[C@]2(c2ccc(OC)cc2)O1. The van der Waals surface area contributed by atoms with Crippen LogP contribution < -0.4 is 4.74 Å². The number of rotatable bonds is 4. The quantitative estimate of drug-likeness (QED) is 0.559. The molecule has 0 aliphatic carbocycles. The van der Waals surface area contributed by atoms with Crippen LogP contribution in [0, 0.1) is 5.92 Å². The fourth-order valence-corrected chi connectivity index (χ4v) is 4.09. The van der Waals surface area contributed by atoms with Crippen LogP contribution in [0.3, 0.4) is 0 Å². The van der Waals surface area contributed by atoms with E-state index in [0.29, 0.717) is 12.4 Å². The molecule has 2 heterocycles. The van der Waals surface area contributed by atoms with Gasteiger partial charge in [-0.2, -0.15) is 0 Å². The van der Waals surface area contributed by atoms with Gasteiger partial charge in [0, 0.05) is 17.4 Å². The summed E-state index contributed by atoms with van der Waals surface area (Å²) in [5.74, 6) is -1.77. The Morgan fingerprint density at radius 2 is 1.77 bits per heavy atom. The Hall–Kier alpha value is -3.32. The summed E-state index contributed by atoms with van der Waals surface area (Å²) in [4.78, 5) is 24.1. The van der Waals surface area contributed by atoms with Gasteiger partial charge in [-0.15, -0.1) is 0 Å². The van der Waals surface area contributed by atoms with Crippen molar-refractivity contribution in [3.63, 3.8) is 0 Å². The van der Waals surface area contributed by atoms with Crippen LogP contribution in [0.25, 0.3) is 0 Å². The number of benzene rings is 2. The van der Waals surface area contributed by atoms with Gasteiger partial charge in [0.2, 0.25) is 11.5 Å².